The van der Waals surface area contributed by atoms with E-state index < -0.39 is 11.2 Å². The highest BCUT2D eigenvalue weighted by molar-refractivity contribution is 7.99. The van der Waals surface area contributed by atoms with Crippen LogP contribution in [0.15, 0.2) is 0 Å². The number of rotatable bonds is 6. The molecule has 0 unspecified atom stereocenters. The summed E-state index contributed by atoms with van der Waals surface area (Å²) < 4.78 is 10.6. The van der Waals surface area contributed by atoms with Gasteiger partial charge in [0.25, 0.3) is 0 Å². The average molecular weight is 349 g/mol. The Hall–Kier alpha value is -1.11. The predicted molar refractivity (Wildman–Crippen MR) is 95.1 cm³/mol. The lowest BCUT2D eigenvalue weighted by Gasteiger charge is -2.25. The van der Waals surface area contributed by atoms with Crippen molar-refractivity contribution in [2.75, 3.05) is 38.7 Å². The maximum atomic E-state index is 11.8. The maximum Gasteiger partial charge on any atom is 0.410 e. The van der Waals surface area contributed by atoms with Gasteiger partial charge >= 0.3 is 12.2 Å². The molecule has 0 rings (SSSR count). The van der Waals surface area contributed by atoms with Crippen molar-refractivity contribution in [2.45, 2.75) is 52.7 Å². The first kappa shape index (κ1) is 21.9. The van der Waals surface area contributed by atoms with Gasteiger partial charge in [-0.3, -0.25) is 0 Å². The first-order chi connectivity index (χ1) is 10.3. The quantitative estimate of drug-likeness (QED) is 0.688. The number of nitrogens with zero attached hydrogens (tertiary/aromatic N) is 2. The molecule has 0 N–H and O–H groups in total. The zero-order valence-electron chi connectivity index (χ0n) is 15.8. The molecule has 0 aliphatic rings. The highest BCUT2D eigenvalue weighted by Crippen LogP contribution is 2.11. The fourth-order valence-electron chi connectivity index (χ4n) is 1.37. The lowest BCUT2D eigenvalue weighted by atomic mass is 10.2. The molecule has 0 atom stereocenters. The van der Waals surface area contributed by atoms with Gasteiger partial charge in [0, 0.05) is 38.7 Å². The fourth-order valence-corrected chi connectivity index (χ4v) is 2.38. The zero-order valence-corrected chi connectivity index (χ0v) is 16.6. The number of hydrogen-bond acceptors (Lipinski definition) is 5. The Bertz CT molecular complexity index is 353. The Balaban J connectivity index is 3.88. The molecule has 0 saturated carbocycles. The van der Waals surface area contributed by atoms with Gasteiger partial charge in [0.05, 0.1) is 0 Å². The topological polar surface area (TPSA) is 59.1 Å². The highest BCUT2D eigenvalue weighted by Gasteiger charge is 2.20. The summed E-state index contributed by atoms with van der Waals surface area (Å²) in [5.74, 6) is 1.58. The van der Waals surface area contributed by atoms with Crippen LogP contribution in [0.1, 0.15) is 41.5 Å². The van der Waals surface area contributed by atoms with E-state index in [4.69, 9.17) is 9.47 Å². The average Bonchev–Trinajstić information content (AvgIpc) is 2.33. The minimum atomic E-state index is -0.478. The molecule has 6 nitrogen and oxygen atoms in total. The minimum absolute atomic E-state index is 0.316. The monoisotopic (exact) mass is 348 g/mol. The molecule has 0 aromatic carbocycles. The molecule has 23 heavy (non-hydrogen) atoms. The highest BCUT2D eigenvalue weighted by atomic mass is 32.2. The molecule has 0 saturated heterocycles. The number of carbonyl (C=O) groups excluding carboxylic acids is 2. The van der Waals surface area contributed by atoms with Crippen molar-refractivity contribution >= 4 is 23.9 Å². The summed E-state index contributed by atoms with van der Waals surface area (Å²) in [6, 6.07) is 0. The van der Waals surface area contributed by atoms with Gasteiger partial charge in [-0.1, -0.05) is 0 Å². The van der Waals surface area contributed by atoms with Crippen molar-refractivity contribution in [1.29, 1.82) is 0 Å². The molecule has 0 aliphatic carbocycles. The molecule has 0 heterocycles. The lowest BCUT2D eigenvalue weighted by Crippen LogP contribution is -2.36. The Morgan fingerprint density at radius 1 is 0.783 bits per heavy atom. The number of amides is 2. The van der Waals surface area contributed by atoms with E-state index in [-0.39, 0.29) is 12.2 Å². The third kappa shape index (κ3) is 12.0. The standard InChI is InChI=1S/C16H32N2O4S/c1-15(2,3)21-13(19)17(7)9-11-23-12-10-18(8)14(20)22-16(4,5)6/h9-12H2,1-8H3. The molecule has 0 spiro atoms. The molecule has 136 valence electrons. The third-order valence-corrected chi connectivity index (χ3v) is 3.49. The molecule has 0 aliphatic heterocycles. The third-order valence-electron chi connectivity index (χ3n) is 2.55. The van der Waals surface area contributed by atoms with E-state index in [1.54, 1.807) is 35.7 Å². The number of carbonyl (C=O) groups is 2. The molecule has 0 aromatic heterocycles. The second kappa shape index (κ2) is 9.25. The van der Waals surface area contributed by atoms with Crippen molar-refractivity contribution < 1.29 is 19.1 Å². The summed E-state index contributed by atoms with van der Waals surface area (Å²) in [5, 5.41) is 0. The molecule has 0 bridgehead atoms. The molecular weight excluding hydrogens is 316 g/mol. The molecular formula is C16H32N2O4S. The number of thioether (sulfide) groups is 1. The summed E-state index contributed by atoms with van der Waals surface area (Å²) in [4.78, 5) is 26.7. The van der Waals surface area contributed by atoms with Gasteiger partial charge in [-0.05, 0) is 41.5 Å². The number of hydrogen-bond donors (Lipinski definition) is 0. The lowest BCUT2D eigenvalue weighted by molar-refractivity contribution is 0.0301. The first-order valence-corrected chi connectivity index (χ1v) is 8.93. The molecule has 0 radical (unpaired) electrons. The van der Waals surface area contributed by atoms with Crippen LogP contribution in [0.3, 0.4) is 0 Å². The van der Waals surface area contributed by atoms with Crippen LogP contribution >= 0.6 is 11.8 Å². The van der Waals surface area contributed by atoms with E-state index in [2.05, 4.69) is 0 Å². The smallest absolute Gasteiger partial charge is 0.410 e. The second-order valence-electron chi connectivity index (χ2n) is 7.42. The van der Waals surface area contributed by atoms with Crippen molar-refractivity contribution in [3.05, 3.63) is 0 Å². The predicted octanol–water partition coefficient (Wildman–Crippen LogP) is 3.45. The van der Waals surface area contributed by atoms with E-state index in [0.29, 0.717) is 13.1 Å². The molecule has 7 heteroatoms. The number of ether oxygens (including phenoxy) is 2. The largest absolute Gasteiger partial charge is 0.444 e. The van der Waals surface area contributed by atoms with Gasteiger partial charge in [0.15, 0.2) is 0 Å². The summed E-state index contributed by atoms with van der Waals surface area (Å²) in [6.45, 7) is 12.3. The van der Waals surface area contributed by atoms with Crippen LogP contribution in [-0.2, 0) is 9.47 Å². The van der Waals surface area contributed by atoms with Crippen LogP contribution in [0, 0.1) is 0 Å². The maximum absolute atomic E-state index is 11.8. The van der Waals surface area contributed by atoms with Gasteiger partial charge in [-0.2, -0.15) is 11.8 Å². The van der Waals surface area contributed by atoms with Gasteiger partial charge in [0.1, 0.15) is 11.2 Å². The summed E-state index contributed by atoms with van der Waals surface area (Å²) in [5.41, 5.74) is -0.955. The first-order valence-electron chi connectivity index (χ1n) is 7.78. The van der Waals surface area contributed by atoms with E-state index in [1.165, 1.54) is 0 Å². The molecule has 0 aromatic rings. The van der Waals surface area contributed by atoms with Gasteiger partial charge in [-0.15, -0.1) is 0 Å². The van der Waals surface area contributed by atoms with Crippen LogP contribution in [0.25, 0.3) is 0 Å². The van der Waals surface area contributed by atoms with Crippen molar-refractivity contribution in [3.8, 4) is 0 Å². The molecule has 0 fully saturated rings. The summed E-state index contributed by atoms with van der Waals surface area (Å²) in [7, 11) is 3.45. The Labute approximate surface area is 144 Å². The van der Waals surface area contributed by atoms with E-state index in [9.17, 15) is 9.59 Å². The van der Waals surface area contributed by atoms with E-state index in [0.717, 1.165) is 11.5 Å². The summed E-state index contributed by atoms with van der Waals surface area (Å²) in [6.07, 6.45) is -0.632. The van der Waals surface area contributed by atoms with Gasteiger partial charge in [0.2, 0.25) is 0 Å². The van der Waals surface area contributed by atoms with Gasteiger partial charge in [-0.25, -0.2) is 9.59 Å². The zero-order chi connectivity index (χ0) is 18.3. The van der Waals surface area contributed by atoms with Crippen LogP contribution in [0.4, 0.5) is 9.59 Å². The second-order valence-corrected chi connectivity index (χ2v) is 8.64. The molecule has 2 amide bonds. The van der Waals surface area contributed by atoms with Crippen LogP contribution in [-0.4, -0.2) is 71.9 Å². The Morgan fingerprint density at radius 3 is 1.35 bits per heavy atom. The van der Waals surface area contributed by atoms with Crippen molar-refractivity contribution in [2.24, 2.45) is 0 Å². The van der Waals surface area contributed by atoms with Crippen molar-refractivity contribution in [1.82, 2.24) is 9.80 Å². The minimum Gasteiger partial charge on any atom is -0.444 e. The van der Waals surface area contributed by atoms with E-state index in [1.807, 2.05) is 41.5 Å². The van der Waals surface area contributed by atoms with Crippen LogP contribution in [0.2, 0.25) is 0 Å². The fraction of sp³-hybridized carbons (Fsp3) is 0.875. The Kier molecular flexibility index (Phi) is 8.80. The van der Waals surface area contributed by atoms with Crippen LogP contribution in [0.5, 0.6) is 0 Å². The van der Waals surface area contributed by atoms with Crippen LogP contribution < -0.4 is 0 Å². The van der Waals surface area contributed by atoms with Crippen molar-refractivity contribution in [3.63, 3.8) is 0 Å². The normalized spacial score (nSPS) is 11.8. The Morgan fingerprint density at radius 2 is 1.09 bits per heavy atom. The van der Waals surface area contributed by atoms with Gasteiger partial charge < -0.3 is 19.3 Å². The SMILES string of the molecule is CN(CCSCCN(C)C(=O)OC(C)(C)C)C(=O)OC(C)(C)C. The van der Waals surface area contributed by atoms with E-state index >= 15 is 0 Å². The summed E-state index contributed by atoms with van der Waals surface area (Å²) >= 11 is 1.68.